The van der Waals surface area contributed by atoms with Gasteiger partial charge in [0.25, 0.3) is 5.91 Å². The fourth-order valence-electron chi connectivity index (χ4n) is 2.49. The van der Waals surface area contributed by atoms with Gasteiger partial charge in [-0.05, 0) is 54.7 Å². The zero-order chi connectivity index (χ0) is 19.2. The number of hydrogen-bond acceptors (Lipinski definition) is 3. The first-order valence-corrected chi connectivity index (χ1v) is 9.06. The first-order valence-electron chi connectivity index (χ1n) is 9.06. The van der Waals surface area contributed by atoms with Crippen molar-refractivity contribution in [1.82, 2.24) is 5.32 Å². The minimum absolute atomic E-state index is 0.0965. The van der Waals surface area contributed by atoms with Gasteiger partial charge in [-0.25, -0.2) is 0 Å². The predicted octanol–water partition coefficient (Wildman–Crippen LogP) is 4.47. The van der Waals surface area contributed by atoms with Crippen LogP contribution in [-0.2, 0) is 16.8 Å². The van der Waals surface area contributed by atoms with Crippen molar-refractivity contribution in [3.05, 3.63) is 59.7 Å². The molecule has 0 radical (unpaired) electrons. The molecule has 1 N–H and O–H groups in total. The molecule has 2 aromatic carbocycles. The molecule has 2 aromatic rings. The number of nitrogens with one attached hydrogen (secondary N) is 1. The van der Waals surface area contributed by atoms with E-state index in [1.54, 1.807) is 6.92 Å². The Balaban J connectivity index is 1.85. The van der Waals surface area contributed by atoms with Crippen molar-refractivity contribution in [2.24, 2.45) is 0 Å². The predicted molar refractivity (Wildman–Crippen MR) is 105 cm³/mol. The molecule has 0 aromatic heterocycles. The fourth-order valence-corrected chi connectivity index (χ4v) is 2.49. The smallest absolute Gasteiger partial charge is 0.261 e. The summed E-state index contributed by atoms with van der Waals surface area (Å²) in [7, 11) is 0. The molecule has 0 aliphatic carbocycles. The van der Waals surface area contributed by atoms with Crippen molar-refractivity contribution in [2.75, 3.05) is 6.61 Å². The van der Waals surface area contributed by atoms with Gasteiger partial charge >= 0.3 is 0 Å². The van der Waals surface area contributed by atoms with E-state index in [0.717, 1.165) is 11.3 Å². The lowest BCUT2D eigenvalue weighted by Gasteiger charge is -2.20. The molecule has 4 heteroatoms. The maximum absolute atomic E-state index is 12.3. The zero-order valence-electron chi connectivity index (χ0n) is 16.3. The third-order valence-corrected chi connectivity index (χ3v) is 4.10. The van der Waals surface area contributed by atoms with Crippen molar-refractivity contribution in [3.8, 4) is 11.5 Å². The molecule has 1 unspecified atom stereocenters. The van der Waals surface area contributed by atoms with Crippen LogP contribution >= 0.6 is 0 Å². The number of benzene rings is 2. The van der Waals surface area contributed by atoms with Gasteiger partial charge in [0.1, 0.15) is 11.5 Å². The van der Waals surface area contributed by atoms with Crippen LogP contribution in [0.4, 0.5) is 0 Å². The normalized spacial score (nSPS) is 12.3. The number of carbonyl (C=O) groups excluding carboxylic acids is 1. The Hall–Kier alpha value is -2.49. The van der Waals surface area contributed by atoms with E-state index in [9.17, 15) is 4.79 Å². The summed E-state index contributed by atoms with van der Waals surface area (Å²) >= 11 is 0. The summed E-state index contributed by atoms with van der Waals surface area (Å²) in [5.41, 5.74) is 2.35. The van der Waals surface area contributed by atoms with Gasteiger partial charge in [0, 0.05) is 6.54 Å². The lowest BCUT2D eigenvalue weighted by atomic mass is 9.87. The summed E-state index contributed by atoms with van der Waals surface area (Å²) in [4.78, 5) is 12.3. The maximum Gasteiger partial charge on any atom is 0.261 e. The molecule has 0 fully saturated rings. The van der Waals surface area contributed by atoms with Gasteiger partial charge in [-0.15, -0.1) is 0 Å². The van der Waals surface area contributed by atoms with Gasteiger partial charge < -0.3 is 14.8 Å². The topological polar surface area (TPSA) is 47.6 Å². The van der Waals surface area contributed by atoms with Crippen LogP contribution < -0.4 is 14.8 Å². The Morgan fingerprint density at radius 2 is 1.58 bits per heavy atom. The molecule has 0 aliphatic heterocycles. The number of ether oxygens (including phenoxy) is 2. The summed E-state index contributed by atoms with van der Waals surface area (Å²) in [6.45, 7) is 11.3. The zero-order valence-corrected chi connectivity index (χ0v) is 16.3. The second-order valence-corrected chi connectivity index (χ2v) is 7.33. The van der Waals surface area contributed by atoms with E-state index >= 15 is 0 Å². The molecule has 26 heavy (non-hydrogen) atoms. The lowest BCUT2D eigenvalue weighted by Crippen LogP contribution is -2.35. The standard InChI is InChI=1S/C22H29NO3/c1-6-25-19-11-7-17(8-12-19)15-23-21(24)16(2)26-20-13-9-18(10-14-20)22(3,4)5/h7-14,16H,6,15H2,1-5H3,(H,23,24). The summed E-state index contributed by atoms with van der Waals surface area (Å²) < 4.78 is 11.2. The molecule has 2 rings (SSSR count). The third kappa shape index (κ3) is 5.80. The number of amides is 1. The van der Waals surface area contributed by atoms with E-state index in [1.807, 2.05) is 55.5 Å². The van der Waals surface area contributed by atoms with Crippen molar-refractivity contribution < 1.29 is 14.3 Å². The van der Waals surface area contributed by atoms with E-state index in [0.29, 0.717) is 18.9 Å². The second kappa shape index (κ2) is 8.75. The van der Waals surface area contributed by atoms with Gasteiger partial charge in [-0.1, -0.05) is 45.0 Å². The highest BCUT2D eigenvalue weighted by Gasteiger charge is 2.16. The van der Waals surface area contributed by atoms with Crippen LogP contribution in [0.25, 0.3) is 0 Å². The maximum atomic E-state index is 12.3. The average molecular weight is 355 g/mol. The average Bonchev–Trinajstić information content (AvgIpc) is 2.60. The highest BCUT2D eigenvalue weighted by molar-refractivity contribution is 5.80. The molecule has 0 spiro atoms. The molecular formula is C22H29NO3. The van der Waals surface area contributed by atoms with Crippen LogP contribution in [0.2, 0.25) is 0 Å². The highest BCUT2D eigenvalue weighted by Crippen LogP contribution is 2.24. The Labute approximate surface area is 156 Å². The van der Waals surface area contributed by atoms with Crippen LogP contribution in [0.3, 0.4) is 0 Å². The van der Waals surface area contributed by atoms with Crippen LogP contribution in [0, 0.1) is 0 Å². The van der Waals surface area contributed by atoms with E-state index in [4.69, 9.17) is 9.47 Å². The first kappa shape index (κ1) is 19.8. The first-order chi connectivity index (χ1) is 12.3. The van der Waals surface area contributed by atoms with Crippen molar-refractivity contribution in [2.45, 2.75) is 52.7 Å². The number of carbonyl (C=O) groups is 1. The van der Waals surface area contributed by atoms with Gasteiger partial charge in [-0.3, -0.25) is 4.79 Å². The molecule has 1 atom stereocenters. The molecule has 0 aliphatic rings. The molecular weight excluding hydrogens is 326 g/mol. The minimum atomic E-state index is -0.557. The molecule has 1 amide bonds. The summed E-state index contributed by atoms with van der Waals surface area (Å²) in [6.07, 6.45) is -0.557. The number of rotatable bonds is 7. The highest BCUT2D eigenvalue weighted by atomic mass is 16.5. The molecule has 4 nitrogen and oxygen atoms in total. The van der Waals surface area contributed by atoms with E-state index in [1.165, 1.54) is 5.56 Å². The Morgan fingerprint density at radius 1 is 1.00 bits per heavy atom. The van der Waals surface area contributed by atoms with Crippen LogP contribution in [-0.4, -0.2) is 18.6 Å². The molecule has 0 heterocycles. The molecule has 0 saturated heterocycles. The van der Waals surface area contributed by atoms with Crippen molar-refractivity contribution in [1.29, 1.82) is 0 Å². The third-order valence-electron chi connectivity index (χ3n) is 4.10. The quantitative estimate of drug-likeness (QED) is 0.797. The van der Waals surface area contributed by atoms with Crippen LogP contribution in [0.5, 0.6) is 11.5 Å². The molecule has 0 saturated carbocycles. The van der Waals surface area contributed by atoms with E-state index in [2.05, 4.69) is 26.1 Å². The van der Waals surface area contributed by atoms with Crippen molar-refractivity contribution in [3.63, 3.8) is 0 Å². The largest absolute Gasteiger partial charge is 0.494 e. The van der Waals surface area contributed by atoms with E-state index in [-0.39, 0.29) is 11.3 Å². The summed E-state index contributed by atoms with van der Waals surface area (Å²) in [5.74, 6) is 1.39. The summed E-state index contributed by atoms with van der Waals surface area (Å²) in [6, 6.07) is 15.6. The SMILES string of the molecule is CCOc1ccc(CNC(=O)C(C)Oc2ccc(C(C)(C)C)cc2)cc1. The number of hydrogen-bond donors (Lipinski definition) is 1. The Kier molecular flexibility index (Phi) is 6.67. The van der Waals surface area contributed by atoms with Gasteiger partial charge in [0.2, 0.25) is 0 Å². The van der Waals surface area contributed by atoms with Crippen molar-refractivity contribution >= 4 is 5.91 Å². The van der Waals surface area contributed by atoms with Gasteiger partial charge in [-0.2, -0.15) is 0 Å². The Bertz CT molecular complexity index is 700. The van der Waals surface area contributed by atoms with E-state index < -0.39 is 6.10 Å². The lowest BCUT2D eigenvalue weighted by molar-refractivity contribution is -0.127. The molecule has 0 bridgehead atoms. The summed E-state index contributed by atoms with van der Waals surface area (Å²) in [5, 5.41) is 2.90. The minimum Gasteiger partial charge on any atom is -0.494 e. The van der Waals surface area contributed by atoms with Gasteiger partial charge in [0.15, 0.2) is 6.10 Å². The van der Waals surface area contributed by atoms with Crippen LogP contribution in [0.15, 0.2) is 48.5 Å². The van der Waals surface area contributed by atoms with Gasteiger partial charge in [0.05, 0.1) is 6.61 Å². The monoisotopic (exact) mass is 355 g/mol. The fraction of sp³-hybridized carbons (Fsp3) is 0.409. The second-order valence-electron chi connectivity index (χ2n) is 7.33. The molecule has 140 valence electrons. The Morgan fingerprint density at radius 3 is 2.12 bits per heavy atom. The van der Waals surface area contributed by atoms with Crippen LogP contribution in [0.1, 0.15) is 45.7 Å².